The van der Waals surface area contributed by atoms with E-state index >= 15 is 0 Å². The molecule has 0 aromatic heterocycles. The number of morpholine rings is 1. The van der Waals surface area contributed by atoms with Crippen molar-refractivity contribution in [1.82, 2.24) is 0 Å². The molecule has 0 bridgehead atoms. The van der Waals surface area contributed by atoms with Gasteiger partial charge in [-0.1, -0.05) is 23.8 Å². The Labute approximate surface area is 179 Å². The molecule has 2 aliphatic rings. The van der Waals surface area contributed by atoms with Gasteiger partial charge in [0.25, 0.3) is 10.1 Å². The van der Waals surface area contributed by atoms with E-state index in [1.807, 2.05) is 4.90 Å². The van der Waals surface area contributed by atoms with Crippen molar-refractivity contribution in [3.05, 3.63) is 53.3 Å². The molecule has 166 valence electrons. The Balaban J connectivity index is 1.61. The second kappa shape index (κ2) is 8.45. The number of rotatable bonds is 5. The van der Waals surface area contributed by atoms with Gasteiger partial charge in [0.1, 0.15) is 11.9 Å². The van der Waals surface area contributed by atoms with Crippen molar-refractivity contribution < 1.29 is 31.6 Å². The maximum absolute atomic E-state index is 14.7. The van der Waals surface area contributed by atoms with E-state index in [0.29, 0.717) is 43.2 Å². The zero-order valence-corrected chi connectivity index (χ0v) is 17.8. The number of halogens is 1. The van der Waals surface area contributed by atoms with E-state index in [-0.39, 0.29) is 17.9 Å². The van der Waals surface area contributed by atoms with Crippen LogP contribution in [-0.2, 0) is 26.0 Å². The number of aryl methyl sites for hydroxylation is 1. The highest BCUT2D eigenvalue weighted by molar-refractivity contribution is 7.85. The van der Waals surface area contributed by atoms with Gasteiger partial charge in [0.2, 0.25) is 0 Å². The molecule has 2 fully saturated rings. The van der Waals surface area contributed by atoms with Gasteiger partial charge in [0.05, 0.1) is 36.0 Å². The van der Waals surface area contributed by atoms with Gasteiger partial charge >= 0.3 is 6.09 Å². The Morgan fingerprint density at radius 2 is 1.94 bits per heavy atom. The molecule has 10 heteroatoms. The maximum Gasteiger partial charge on any atom is 0.414 e. The van der Waals surface area contributed by atoms with Crippen molar-refractivity contribution in [2.75, 3.05) is 42.6 Å². The standard InChI is InChI=1S/C21H23FN2O6S/c1-14-5-6-19(31(26,27)28)15(11-14)12-16-13-24(21(25)30-16)18-4-2-3-17(22)20(18)23-7-9-29-10-8-23/h2-6,11,16H,7-10,12-13H2,1H3,(H,26,27,28)/t16-/m1/s1. The van der Waals surface area contributed by atoms with Gasteiger partial charge in [-0.15, -0.1) is 0 Å². The Hall–Kier alpha value is -2.69. The third kappa shape index (κ3) is 4.51. The minimum absolute atomic E-state index is 0.0985. The summed E-state index contributed by atoms with van der Waals surface area (Å²) in [6.07, 6.45) is -1.19. The summed E-state index contributed by atoms with van der Waals surface area (Å²) in [6.45, 7) is 3.85. The van der Waals surface area contributed by atoms with Crippen molar-refractivity contribution in [2.24, 2.45) is 0 Å². The molecule has 2 heterocycles. The third-order valence-electron chi connectivity index (χ3n) is 5.40. The summed E-state index contributed by atoms with van der Waals surface area (Å²) in [4.78, 5) is 15.6. The monoisotopic (exact) mass is 450 g/mol. The smallest absolute Gasteiger partial charge is 0.414 e. The lowest BCUT2D eigenvalue weighted by Crippen LogP contribution is -2.38. The second-order valence-corrected chi connectivity index (χ2v) is 9.00. The molecule has 4 rings (SSSR count). The second-order valence-electron chi connectivity index (χ2n) is 7.61. The van der Waals surface area contributed by atoms with E-state index in [4.69, 9.17) is 9.47 Å². The molecule has 0 aliphatic carbocycles. The highest BCUT2D eigenvalue weighted by Crippen LogP contribution is 2.36. The molecule has 8 nitrogen and oxygen atoms in total. The molecular formula is C21H23FN2O6S. The molecule has 0 saturated carbocycles. The summed E-state index contributed by atoms with van der Waals surface area (Å²) in [5, 5.41) is 0. The van der Waals surface area contributed by atoms with Crippen LogP contribution >= 0.6 is 0 Å². The summed E-state index contributed by atoms with van der Waals surface area (Å²) < 4.78 is 58.5. The van der Waals surface area contributed by atoms with Crippen LogP contribution in [0.1, 0.15) is 11.1 Å². The van der Waals surface area contributed by atoms with Crippen LogP contribution < -0.4 is 9.80 Å². The number of carbonyl (C=O) groups is 1. The molecule has 2 aromatic rings. The molecule has 31 heavy (non-hydrogen) atoms. The van der Waals surface area contributed by atoms with Gasteiger partial charge in [-0.3, -0.25) is 9.45 Å². The van der Waals surface area contributed by atoms with Crippen LogP contribution in [0.4, 0.5) is 20.6 Å². The summed E-state index contributed by atoms with van der Waals surface area (Å²) in [5.41, 5.74) is 1.88. The van der Waals surface area contributed by atoms with Gasteiger partial charge in [0, 0.05) is 19.5 Å². The Kier molecular flexibility index (Phi) is 5.87. The van der Waals surface area contributed by atoms with E-state index < -0.39 is 28.1 Å². The fourth-order valence-corrected chi connectivity index (χ4v) is 4.72. The molecule has 2 aromatic carbocycles. The molecule has 0 spiro atoms. The molecular weight excluding hydrogens is 427 g/mol. The number of amides is 1. The quantitative estimate of drug-likeness (QED) is 0.700. The molecule has 1 N–H and O–H groups in total. The van der Waals surface area contributed by atoms with E-state index in [2.05, 4.69) is 0 Å². The molecule has 1 atom stereocenters. The van der Waals surface area contributed by atoms with Crippen molar-refractivity contribution in [3.8, 4) is 0 Å². The van der Waals surface area contributed by atoms with Crippen LogP contribution in [0, 0.1) is 12.7 Å². The maximum atomic E-state index is 14.7. The fourth-order valence-electron chi connectivity index (χ4n) is 4.01. The largest absolute Gasteiger partial charge is 0.444 e. The number of nitrogens with zero attached hydrogens (tertiary/aromatic N) is 2. The number of cyclic esters (lactones) is 1. The van der Waals surface area contributed by atoms with E-state index in [0.717, 1.165) is 5.56 Å². The number of para-hydroxylation sites is 1. The molecule has 2 aliphatic heterocycles. The molecule has 0 unspecified atom stereocenters. The number of anilines is 2. The minimum Gasteiger partial charge on any atom is -0.444 e. The summed E-state index contributed by atoms with van der Waals surface area (Å²) in [5.74, 6) is -0.442. The number of carbonyl (C=O) groups excluding carboxylic acids is 1. The van der Waals surface area contributed by atoms with Crippen molar-refractivity contribution in [3.63, 3.8) is 0 Å². The first-order valence-electron chi connectivity index (χ1n) is 9.90. The van der Waals surface area contributed by atoms with E-state index in [9.17, 15) is 22.2 Å². The average molecular weight is 450 g/mol. The highest BCUT2D eigenvalue weighted by atomic mass is 32.2. The van der Waals surface area contributed by atoms with Gasteiger partial charge in [-0.2, -0.15) is 8.42 Å². The Morgan fingerprint density at radius 1 is 1.19 bits per heavy atom. The Morgan fingerprint density at radius 3 is 2.65 bits per heavy atom. The van der Waals surface area contributed by atoms with Gasteiger partial charge in [-0.25, -0.2) is 9.18 Å². The summed E-state index contributed by atoms with van der Waals surface area (Å²) >= 11 is 0. The van der Waals surface area contributed by atoms with Crippen LogP contribution in [0.25, 0.3) is 0 Å². The lowest BCUT2D eigenvalue weighted by molar-refractivity contribution is 0.122. The zero-order chi connectivity index (χ0) is 22.2. The number of benzene rings is 2. The third-order valence-corrected chi connectivity index (χ3v) is 6.35. The number of hydrogen-bond acceptors (Lipinski definition) is 6. The van der Waals surface area contributed by atoms with Crippen LogP contribution in [0.2, 0.25) is 0 Å². The van der Waals surface area contributed by atoms with Crippen molar-refractivity contribution >= 4 is 27.6 Å². The highest BCUT2D eigenvalue weighted by Gasteiger charge is 2.36. The van der Waals surface area contributed by atoms with Crippen LogP contribution in [0.3, 0.4) is 0 Å². The molecule has 2 saturated heterocycles. The van der Waals surface area contributed by atoms with Crippen LogP contribution in [0.5, 0.6) is 0 Å². The first kappa shape index (κ1) is 21.5. The summed E-state index contributed by atoms with van der Waals surface area (Å²) in [6, 6.07) is 9.10. The topological polar surface area (TPSA) is 96.4 Å². The van der Waals surface area contributed by atoms with Crippen molar-refractivity contribution in [1.29, 1.82) is 0 Å². The predicted molar refractivity (Wildman–Crippen MR) is 112 cm³/mol. The first-order valence-corrected chi connectivity index (χ1v) is 11.3. The molecule has 0 radical (unpaired) electrons. The lowest BCUT2D eigenvalue weighted by Gasteiger charge is -2.32. The van der Waals surface area contributed by atoms with E-state index in [1.54, 1.807) is 25.1 Å². The average Bonchev–Trinajstić information content (AvgIpc) is 3.07. The lowest BCUT2D eigenvalue weighted by atomic mass is 10.1. The molecule has 1 amide bonds. The number of ether oxygens (including phenoxy) is 2. The van der Waals surface area contributed by atoms with Crippen molar-refractivity contribution in [2.45, 2.75) is 24.3 Å². The summed E-state index contributed by atoms with van der Waals surface area (Å²) in [7, 11) is -4.42. The first-order chi connectivity index (χ1) is 14.7. The van der Waals surface area contributed by atoms with Gasteiger partial charge in [-0.05, 0) is 30.7 Å². The van der Waals surface area contributed by atoms with E-state index in [1.165, 1.54) is 23.1 Å². The zero-order valence-electron chi connectivity index (χ0n) is 17.0. The Bertz CT molecular complexity index is 1100. The van der Waals surface area contributed by atoms with Gasteiger partial charge in [0.15, 0.2) is 0 Å². The SMILES string of the molecule is Cc1ccc(S(=O)(=O)O)c(C[C@@H]2CN(c3cccc(F)c3N3CCOCC3)C(=O)O2)c1. The normalized spacial score (nSPS) is 19.6. The van der Waals surface area contributed by atoms with Crippen LogP contribution in [-0.4, -0.2) is 58.0 Å². The predicted octanol–water partition coefficient (Wildman–Crippen LogP) is 2.79. The fraction of sp³-hybridized carbons (Fsp3) is 0.381. The minimum atomic E-state index is -4.42. The number of hydrogen-bond donors (Lipinski definition) is 1. The van der Waals surface area contributed by atoms with Crippen LogP contribution in [0.15, 0.2) is 41.3 Å². The van der Waals surface area contributed by atoms with Gasteiger partial charge < -0.3 is 14.4 Å².